The molecule has 3 aromatic rings. The molecule has 0 unspecified atom stereocenters. The predicted molar refractivity (Wildman–Crippen MR) is 113 cm³/mol. The number of aromatic nitrogens is 3. The van der Waals surface area contributed by atoms with Crippen molar-refractivity contribution in [3.63, 3.8) is 0 Å². The average molecular weight is 437 g/mol. The molecule has 31 heavy (non-hydrogen) atoms. The van der Waals surface area contributed by atoms with Crippen LogP contribution in [0.1, 0.15) is 40.8 Å². The van der Waals surface area contributed by atoms with E-state index in [9.17, 15) is 13.0 Å². The molecule has 0 radical (unpaired) electrons. The Morgan fingerprint density at radius 2 is 1.94 bits per heavy atom. The molecule has 2 aromatic carbocycles. The summed E-state index contributed by atoms with van der Waals surface area (Å²) in [7, 11) is -2.61. The van der Waals surface area contributed by atoms with E-state index in [0.29, 0.717) is 28.7 Å². The number of nitrogens with zero attached hydrogens (tertiary/aromatic N) is 5. The highest BCUT2D eigenvalue weighted by Gasteiger charge is 2.29. The van der Waals surface area contributed by atoms with Crippen LogP contribution >= 0.6 is 0 Å². The van der Waals surface area contributed by atoms with E-state index in [2.05, 4.69) is 16.3 Å². The molecule has 4 rings (SSSR count). The first kappa shape index (κ1) is 20.7. The second-order valence-electron chi connectivity index (χ2n) is 7.08. The summed E-state index contributed by atoms with van der Waals surface area (Å²) in [5, 5.41) is 17.5. The van der Waals surface area contributed by atoms with Crippen molar-refractivity contribution in [2.45, 2.75) is 19.4 Å². The zero-order valence-corrected chi connectivity index (χ0v) is 17.7. The number of methoxy groups -OCH3 is 1. The molecule has 1 atom stereocenters. The standard InChI is InChI=1S/C21H19N5O4S/c1-13-24-25-21-18(9-10-31(27,28)29)23-20(15-5-3-14(12-22)4-6-15)17-11-16(30-2)7-8-19(17)26(13)21/h3-8,11,18H,9-10H2,1-2H3,(H,27,28,29)/t18-/m1/s1. The number of rotatable bonds is 5. The van der Waals surface area contributed by atoms with Crippen molar-refractivity contribution in [1.29, 1.82) is 5.26 Å². The fourth-order valence-electron chi connectivity index (χ4n) is 3.59. The van der Waals surface area contributed by atoms with E-state index in [4.69, 9.17) is 15.0 Å². The van der Waals surface area contributed by atoms with Crippen LogP contribution in [-0.4, -0.2) is 46.3 Å². The Bertz CT molecular complexity index is 1320. The molecular formula is C21H19N5O4S. The van der Waals surface area contributed by atoms with Crippen molar-refractivity contribution in [2.75, 3.05) is 12.9 Å². The highest BCUT2D eigenvalue weighted by atomic mass is 32.2. The normalized spacial score (nSPS) is 15.3. The largest absolute Gasteiger partial charge is 0.497 e. The topological polar surface area (TPSA) is 130 Å². The second kappa shape index (κ2) is 7.94. The van der Waals surface area contributed by atoms with Crippen LogP contribution in [0.25, 0.3) is 5.69 Å². The van der Waals surface area contributed by atoms with Crippen LogP contribution in [-0.2, 0) is 10.1 Å². The van der Waals surface area contributed by atoms with Crippen molar-refractivity contribution in [3.05, 3.63) is 70.8 Å². The summed E-state index contributed by atoms with van der Waals surface area (Å²) >= 11 is 0. The Labute approximate surface area is 179 Å². The highest BCUT2D eigenvalue weighted by Crippen LogP contribution is 2.34. The van der Waals surface area contributed by atoms with Gasteiger partial charge in [-0.1, -0.05) is 12.1 Å². The highest BCUT2D eigenvalue weighted by molar-refractivity contribution is 7.85. The van der Waals surface area contributed by atoms with Crippen LogP contribution in [0.4, 0.5) is 0 Å². The first-order valence-electron chi connectivity index (χ1n) is 9.45. The lowest BCUT2D eigenvalue weighted by Gasteiger charge is -2.14. The summed E-state index contributed by atoms with van der Waals surface area (Å²) in [6.45, 7) is 1.80. The summed E-state index contributed by atoms with van der Waals surface area (Å²) < 4.78 is 39.4. The average Bonchev–Trinajstić information content (AvgIpc) is 3.07. The van der Waals surface area contributed by atoms with Gasteiger partial charge < -0.3 is 4.74 Å². The quantitative estimate of drug-likeness (QED) is 0.607. The Hall–Kier alpha value is -3.55. The maximum Gasteiger partial charge on any atom is 0.264 e. The molecule has 1 aliphatic heterocycles. The van der Waals surface area contributed by atoms with Crippen molar-refractivity contribution in [1.82, 2.24) is 14.8 Å². The molecule has 0 bridgehead atoms. The molecule has 0 spiro atoms. The molecule has 1 aliphatic rings. The minimum absolute atomic E-state index is 0.0296. The van der Waals surface area contributed by atoms with E-state index in [1.54, 1.807) is 38.3 Å². The Kier molecular flexibility index (Phi) is 5.31. The van der Waals surface area contributed by atoms with Crippen LogP contribution < -0.4 is 4.74 Å². The number of hydrogen-bond acceptors (Lipinski definition) is 7. The van der Waals surface area contributed by atoms with Gasteiger partial charge in [0.2, 0.25) is 0 Å². The first-order valence-corrected chi connectivity index (χ1v) is 11.1. The van der Waals surface area contributed by atoms with Crippen LogP contribution in [0.2, 0.25) is 0 Å². The number of benzene rings is 2. The Balaban J connectivity index is 1.96. The number of ether oxygens (including phenoxy) is 1. The third kappa shape index (κ3) is 4.05. The van der Waals surface area contributed by atoms with E-state index in [1.165, 1.54) is 0 Å². The molecular weight excluding hydrogens is 418 g/mol. The van der Waals surface area contributed by atoms with Crippen LogP contribution in [0, 0.1) is 18.3 Å². The summed E-state index contributed by atoms with van der Waals surface area (Å²) in [5.74, 6) is 1.27. The van der Waals surface area contributed by atoms with Gasteiger partial charge in [0.25, 0.3) is 10.1 Å². The zero-order valence-electron chi connectivity index (χ0n) is 16.8. The van der Waals surface area contributed by atoms with Gasteiger partial charge in [-0.3, -0.25) is 14.1 Å². The molecule has 2 heterocycles. The maximum absolute atomic E-state index is 11.4. The molecule has 0 fully saturated rings. The van der Waals surface area contributed by atoms with Crippen LogP contribution in [0.3, 0.4) is 0 Å². The molecule has 0 amide bonds. The van der Waals surface area contributed by atoms with E-state index in [-0.39, 0.29) is 6.42 Å². The lowest BCUT2D eigenvalue weighted by Crippen LogP contribution is -2.12. The van der Waals surface area contributed by atoms with Gasteiger partial charge in [-0.05, 0) is 43.7 Å². The summed E-state index contributed by atoms with van der Waals surface area (Å²) in [4.78, 5) is 4.86. The maximum atomic E-state index is 11.4. The van der Waals surface area contributed by atoms with Gasteiger partial charge in [0.05, 0.1) is 35.9 Å². The van der Waals surface area contributed by atoms with Gasteiger partial charge in [-0.15, -0.1) is 10.2 Å². The van der Waals surface area contributed by atoms with Crippen LogP contribution in [0.15, 0.2) is 47.5 Å². The van der Waals surface area contributed by atoms with E-state index in [1.807, 2.05) is 22.8 Å². The third-order valence-electron chi connectivity index (χ3n) is 5.07. The smallest absolute Gasteiger partial charge is 0.264 e. The summed E-state index contributed by atoms with van der Waals surface area (Å²) in [5.41, 5.74) is 3.39. The van der Waals surface area contributed by atoms with Gasteiger partial charge in [-0.2, -0.15) is 13.7 Å². The molecule has 0 saturated heterocycles. The minimum atomic E-state index is -4.18. The molecule has 0 saturated carbocycles. The Morgan fingerprint density at radius 1 is 1.19 bits per heavy atom. The van der Waals surface area contributed by atoms with Crippen LogP contribution in [0.5, 0.6) is 5.75 Å². The number of nitriles is 1. The van der Waals surface area contributed by atoms with Crippen molar-refractivity contribution in [3.8, 4) is 17.5 Å². The fourth-order valence-corrected chi connectivity index (χ4v) is 4.11. The van der Waals surface area contributed by atoms with Crippen molar-refractivity contribution in [2.24, 2.45) is 4.99 Å². The monoisotopic (exact) mass is 437 g/mol. The molecule has 158 valence electrons. The first-order chi connectivity index (χ1) is 14.8. The zero-order chi connectivity index (χ0) is 22.2. The molecule has 10 heteroatoms. The van der Waals surface area contributed by atoms with E-state index >= 15 is 0 Å². The number of hydrogen-bond donors (Lipinski definition) is 1. The second-order valence-corrected chi connectivity index (χ2v) is 8.65. The van der Waals surface area contributed by atoms with E-state index < -0.39 is 21.9 Å². The van der Waals surface area contributed by atoms with Gasteiger partial charge in [-0.25, -0.2) is 0 Å². The minimum Gasteiger partial charge on any atom is -0.497 e. The SMILES string of the molecule is COc1ccc2c(c1)C(c1ccc(C#N)cc1)=N[C@H](CCS(=O)(=O)O)c1nnc(C)n1-2. The molecule has 1 N–H and O–H groups in total. The molecule has 1 aromatic heterocycles. The fraction of sp³-hybridized carbons (Fsp3) is 0.238. The summed E-state index contributed by atoms with van der Waals surface area (Å²) in [6.07, 6.45) is 0.0296. The number of aliphatic imine (C=N–C) groups is 1. The van der Waals surface area contributed by atoms with Gasteiger partial charge in [0, 0.05) is 11.1 Å². The van der Waals surface area contributed by atoms with Gasteiger partial charge in [0.15, 0.2) is 5.82 Å². The number of fused-ring (bicyclic) bond motifs is 3. The molecule has 0 aliphatic carbocycles. The lowest BCUT2D eigenvalue weighted by atomic mass is 9.99. The molecule has 9 nitrogen and oxygen atoms in total. The predicted octanol–water partition coefficient (Wildman–Crippen LogP) is 2.63. The van der Waals surface area contributed by atoms with Gasteiger partial charge in [0.1, 0.15) is 17.6 Å². The third-order valence-corrected chi connectivity index (χ3v) is 5.82. The van der Waals surface area contributed by atoms with Crippen molar-refractivity contribution >= 4 is 15.8 Å². The van der Waals surface area contributed by atoms with Crippen molar-refractivity contribution < 1.29 is 17.7 Å². The van der Waals surface area contributed by atoms with Gasteiger partial charge >= 0.3 is 0 Å². The van der Waals surface area contributed by atoms with E-state index in [0.717, 1.165) is 16.8 Å². The summed E-state index contributed by atoms with van der Waals surface area (Å²) in [6, 6.07) is 13.9. The Morgan fingerprint density at radius 3 is 2.58 bits per heavy atom. The lowest BCUT2D eigenvalue weighted by molar-refractivity contribution is 0.414. The number of aryl methyl sites for hydroxylation is 1.